The van der Waals surface area contributed by atoms with E-state index in [1.165, 1.54) is 16.7 Å². The molecule has 0 N–H and O–H groups in total. The molecule has 0 saturated carbocycles. The number of aromatic nitrogens is 3. The first-order valence-corrected chi connectivity index (χ1v) is 11.3. The molecule has 1 aliphatic heterocycles. The van der Waals surface area contributed by atoms with E-state index in [1.807, 2.05) is 19.9 Å². The van der Waals surface area contributed by atoms with Gasteiger partial charge in [0.25, 0.3) is 0 Å². The van der Waals surface area contributed by atoms with Crippen molar-refractivity contribution < 1.29 is 17.9 Å². The van der Waals surface area contributed by atoms with Crippen molar-refractivity contribution in [3.05, 3.63) is 58.1 Å². The van der Waals surface area contributed by atoms with Crippen LogP contribution >= 0.6 is 0 Å². The molecule has 3 heterocycles. The molecular weight excluding hydrogens is 461 g/mol. The van der Waals surface area contributed by atoms with Gasteiger partial charge in [0.05, 0.1) is 5.52 Å². The highest BCUT2D eigenvalue weighted by atomic mass is 19.4. The fourth-order valence-corrected chi connectivity index (χ4v) is 4.49. The van der Waals surface area contributed by atoms with Gasteiger partial charge in [-0.25, -0.2) is 9.78 Å². The number of piperazine rings is 1. The number of anilines is 1. The third kappa shape index (κ3) is 5.07. The van der Waals surface area contributed by atoms with Crippen LogP contribution in [0.25, 0.3) is 11.0 Å². The number of benzene rings is 1. The minimum atomic E-state index is -4.72. The van der Waals surface area contributed by atoms with Gasteiger partial charge in [0.2, 0.25) is 0 Å². The van der Waals surface area contributed by atoms with Crippen LogP contribution in [-0.2, 0) is 7.05 Å². The maximum atomic E-state index is 12.6. The standard InChI is InChI=1S/C24H25F3N6O2/c1-4-18-14-32(15(2)16-5-8-19(9-6-16)35-24(25,26)27)11-12-33(18)22-21-20(31(3)23(34)30-22)10-7-17(13-28)29-21/h5-10,15,18H,4,11-12,14H2,1-3H3. The monoisotopic (exact) mass is 486 g/mol. The SMILES string of the molecule is CCC1CN(C(C)c2ccc(OC(F)(F)F)cc2)CCN1c1nc(=O)n(C)c2ccc(C#N)nc12. The number of aryl methyl sites for hydroxylation is 1. The third-order valence-electron chi connectivity index (χ3n) is 6.45. The lowest BCUT2D eigenvalue weighted by Gasteiger charge is -2.44. The highest BCUT2D eigenvalue weighted by molar-refractivity contribution is 5.86. The molecule has 3 aromatic rings. The van der Waals surface area contributed by atoms with E-state index in [0.717, 1.165) is 12.0 Å². The Bertz CT molecular complexity index is 1320. The first-order chi connectivity index (χ1) is 16.6. The van der Waals surface area contributed by atoms with Crippen molar-refractivity contribution in [2.75, 3.05) is 24.5 Å². The molecule has 0 spiro atoms. The molecule has 0 amide bonds. The Hall–Kier alpha value is -3.65. The predicted molar refractivity (Wildman–Crippen MR) is 124 cm³/mol. The van der Waals surface area contributed by atoms with Gasteiger partial charge in [0.15, 0.2) is 5.82 Å². The molecule has 1 aliphatic rings. The fraction of sp³-hybridized carbons (Fsp3) is 0.417. The number of hydrogen-bond donors (Lipinski definition) is 0. The van der Waals surface area contributed by atoms with Crippen molar-refractivity contribution in [1.82, 2.24) is 19.4 Å². The summed E-state index contributed by atoms with van der Waals surface area (Å²) < 4.78 is 42.7. The van der Waals surface area contributed by atoms with Gasteiger partial charge in [-0.15, -0.1) is 13.2 Å². The summed E-state index contributed by atoms with van der Waals surface area (Å²) in [6, 6.07) is 11.2. The van der Waals surface area contributed by atoms with Crippen LogP contribution in [0.1, 0.15) is 37.6 Å². The van der Waals surface area contributed by atoms with Crippen molar-refractivity contribution in [1.29, 1.82) is 5.26 Å². The maximum Gasteiger partial charge on any atom is 0.573 e. The first kappa shape index (κ1) is 24.5. The Labute approximate surface area is 200 Å². The molecule has 184 valence electrons. The molecule has 2 unspecified atom stereocenters. The van der Waals surface area contributed by atoms with Crippen molar-refractivity contribution in [2.24, 2.45) is 7.05 Å². The number of rotatable bonds is 5. The summed E-state index contributed by atoms with van der Waals surface area (Å²) in [5.74, 6) is 0.213. The topological polar surface area (TPSA) is 87.3 Å². The molecule has 1 saturated heterocycles. The van der Waals surface area contributed by atoms with E-state index in [9.17, 15) is 23.2 Å². The minimum absolute atomic E-state index is 0.0226. The Kier molecular flexibility index (Phi) is 6.67. The highest BCUT2D eigenvalue weighted by Gasteiger charge is 2.33. The zero-order valence-electron chi connectivity index (χ0n) is 19.6. The Morgan fingerprint density at radius 1 is 1.17 bits per heavy atom. The molecule has 0 bridgehead atoms. The largest absolute Gasteiger partial charge is 0.573 e. The third-order valence-corrected chi connectivity index (χ3v) is 6.45. The van der Waals surface area contributed by atoms with Gasteiger partial charge in [-0.1, -0.05) is 19.1 Å². The van der Waals surface area contributed by atoms with Crippen LogP contribution in [0.3, 0.4) is 0 Å². The summed E-state index contributed by atoms with van der Waals surface area (Å²) in [4.78, 5) is 25.6. The van der Waals surface area contributed by atoms with E-state index in [2.05, 4.69) is 24.5 Å². The second-order valence-corrected chi connectivity index (χ2v) is 8.50. The number of nitrogens with zero attached hydrogens (tertiary/aromatic N) is 6. The second kappa shape index (κ2) is 9.54. The molecule has 8 nitrogen and oxygen atoms in total. The van der Waals surface area contributed by atoms with Crippen LogP contribution in [-0.4, -0.2) is 51.5 Å². The van der Waals surface area contributed by atoms with Crippen LogP contribution in [0.5, 0.6) is 5.75 Å². The van der Waals surface area contributed by atoms with Gasteiger partial charge in [0, 0.05) is 38.8 Å². The molecule has 0 aliphatic carbocycles. The molecular formula is C24H25F3N6O2. The van der Waals surface area contributed by atoms with Crippen LogP contribution in [0, 0.1) is 11.3 Å². The summed E-state index contributed by atoms with van der Waals surface area (Å²) in [7, 11) is 1.62. The minimum Gasteiger partial charge on any atom is -0.406 e. The van der Waals surface area contributed by atoms with Crippen LogP contribution in [0.4, 0.5) is 19.0 Å². The quantitative estimate of drug-likeness (QED) is 0.543. The van der Waals surface area contributed by atoms with Gasteiger partial charge in [-0.2, -0.15) is 10.2 Å². The summed E-state index contributed by atoms with van der Waals surface area (Å²) >= 11 is 0. The molecule has 1 fully saturated rings. The molecule has 11 heteroatoms. The lowest BCUT2D eigenvalue weighted by atomic mass is 10.0. The van der Waals surface area contributed by atoms with E-state index < -0.39 is 12.1 Å². The molecule has 35 heavy (non-hydrogen) atoms. The zero-order chi connectivity index (χ0) is 25.3. The maximum absolute atomic E-state index is 12.6. The second-order valence-electron chi connectivity index (χ2n) is 8.50. The summed E-state index contributed by atoms with van der Waals surface area (Å²) in [6.45, 7) is 5.94. The highest BCUT2D eigenvalue weighted by Crippen LogP contribution is 2.31. The smallest absolute Gasteiger partial charge is 0.406 e. The van der Waals surface area contributed by atoms with Crippen molar-refractivity contribution in [3.8, 4) is 11.8 Å². The molecule has 2 aromatic heterocycles. The number of ether oxygens (including phenoxy) is 1. The summed E-state index contributed by atoms with van der Waals surface area (Å²) in [6.07, 6.45) is -3.95. The van der Waals surface area contributed by atoms with Gasteiger partial charge in [-0.3, -0.25) is 9.47 Å². The van der Waals surface area contributed by atoms with Crippen molar-refractivity contribution in [3.63, 3.8) is 0 Å². The number of pyridine rings is 1. The van der Waals surface area contributed by atoms with E-state index in [-0.39, 0.29) is 23.5 Å². The van der Waals surface area contributed by atoms with Crippen LogP contribution < -0.4 is 15.3 Å². The van der Waals surface area contributed by atoms with Gasteiger partial charge in [-0.05, 0) is 43.2 Å². The molecule has 2 atom stereocenters. The van der Waals surface area contributed by atoms with Crippen molar-refractivity contribution >= 4 is 16.9 Å². The molecule has 1 aromatic carbocycles. The van der Waals surface area contributed by atoms with Gasteiger partial charge in [0.1, 0.15) is 23.0 Å². The van der Waals surface area contributed by atoms with Gasteiger partial charge < -0.3 is 9.64 Å². The normalized spacial score (nSPS) is 17.9. The van der Waals surface area contributed by atoms with E-state index in [0.29, 0.717) is 36.5 Å². The van der Waals surface area contributed by atoms with E-state index in [4.69, 9.17) is 0 Å². The van der Waals surface area contributed by atoms with Crippen LogP contribution in [0.15, 0.2) is 41.2 Å². The number of nitriles is 1. The summed E-state index contributed by atoms with van der Waals surface area (Å²) in [5.41, 5.74) is 1.83. The number of hydrogen-bond acceptors (Lipinski definition) is 7. The zero-order valence-corrected chi connectivity index (χ0v) is 19.6. The average Bonchev–Trinajstić information content (AvgIpc) is 2.84. The van der Waals surface area contributed by atoms with E-state index in [1.54, 1.807) is 31.3 Å². The van der Waals surface area contributed by atoms with Gasteiger partial charge >= 0.3 is 12.1 Å². The Balaban J connectivity index is 1.59. The average molecular weight is 486 g/mol. The van der Waals surface area contributed by atoms with Crippen LogP contribution in [0.2, 0.25) is 0 Å². The lowest BCUT2D eigenvalue weighted by molar-refractivity contribution is -0.274. The number of halogens is 3. The Morgan fingerprint density at radius 3 is 2.51 bits per heavy atom. The fourth-order valence-electron chi connectivity index (χ4n) is 4.49. The molecule has 0 radical (unpaired) electrons. The first-order valence-electron chi connectivity index (χ1n) is 11.3. The number of fused-ring (bicyclic) bond motifs is 1. The molecule has 4 rings (SSSR count). The van der Waals surface area contributed by atoms with Crippen molar-refractivity contribution in [2.45, 2.75) is 38.7 Å². The number of alkyl halides is 3. The summed E-state index contributed by atoms with van der Waals surface area (Å²) in [5, 5.41) is 9.31. The van der Waals surface area contributed by atoms with E-state index >= 15 is 0 Å². The predicted octanol–water partition coefficient (Wildman–Crippen LogP) is 3.76. The lowest BCUT2D eigenvalue weighted by Crippen LogP contribution is -2.54. The Morgan fingerprint density at radius 2 is 1.89 bits per heavy atom.